The number of benzene rings is 1. The average molecular weight is 429 g/mol. The number of nitrogens with one attached hydrogen (secondary N) is 1. The highest BCUT2D eigenvalue weighted by Crippen LogP contribution is 2.59. The molecule has 7 unspecified atom stereocenters. The number of alkyl halides is 3. The van der Waals surface area contributed by atoms with E-state index in [1.807, 2.05) is 6.08 Å². The van der Waals surface area contributed by atoms with Crippen molar-refractivity contribution in [2.24, 2.45) is 35.5 Å². The van der Waals surface area contributed by atoms with E-state index in [0.717, 1.165) is 49.9 Å². The Balaban J connectivity index is 1.34. The molecular weight excluding hydrogens is 403 g/mol. The summed E-state index contributed by atoms with van der Waals surface area (Å²) in [6, 6.07) is 5.27. The van der Waals surface area contributed by atoms with Crippen molar-refractivity contribution in [3.8, 4) is 0 Å². The Morgan fingerprint density at radius 1 is 1.03 bits per heavy atom. The minimum Gasteiger partial charge on any atom is -0.298 e. The molecule has 31 heavy (non-hydrogen) atoms. The van der Waals surface area contributed by atoms with E-state index in [1.54, 1.807) is 12.1 Å². The highest BCUT2D eigenvalue weighted by Gasteiger charge is 2.55. The first-order chi connectivity index (χ1) is 14.9. The van der Waals surface area contributed by atoms with Crippen LogP contribution >= 0.6 is 0 Å². The van der Waals surface area contributed by atoms with Gasteiger partial charge in [-0.25, -0.2) is 5.48 Å². The fourth-order valence-electron chi connectivity index (χ4n) is 7.46. The SMILES string of the molecule is O=C1C=CC2C(=C1c1cccc(C(F)(F)F)c1)CCC1C2CCC2C1CC1CNOC12. The zero-order chi connectivity index (χ0) is 21.3. The van der Waals surface area contributed by atoms with Gasteiger partial charge in [-0.1, -0.05) is 23.8 Å². The average Bonchev–Trinajstić information content (AvgIpc) is 3.34. The van der Waals surface area contributed by atoms with Gasteiger partial charge in [0, 0.05) is 24.0 Å². The Kier molecular flexibility index (Phi) is 4.48. The maximum absolute atomic E-state index is 13.3. The monoisotopic (exact) mass is 429 g/mol. The van der Waals surface area contributed by atoms with Crippen LogP contribution in [0.25, 0.3) is 5.57 Å². The predicted octanol–water partition coefficient (Wildman–Crippen LogP) is 5.19. The van der Waals surface area contributed by atoms with E-state index in [2.05, 4.69) is 5.48 Å². The van der Waals surface area contributed by atoms with Crippen molar-refractivity contribution in [2.45, 2.75) is 44.4 Å². The van der Waals surface area contributed by atoms with Crippen LogP contribution in [-0.4, -0.2) is 18.4 Å². The largest absolute Gasteiger partial charge is 0.416 e. The van der Waals surface area contributed by atoms with Gasteiger partial charge in [0.05, 0.1) is 11.7 Å². The van der Waals surface area contributed by atoms with Gasteiger partial charge in [-0.05, 0) is 79.5 Å². The first-order valence-electron chi connectivity index (χ1n) is 11.4. The van der Waals surface area contributed by atoms with E-state index in [0.29, 0.717) is 46.8 Å². The molecule has 0 spiro atoms. The van der Waals surface area contributed by atoms with Crippen LogP contribution in [0.4, 0.5) is 13.2 Å². The van der Waals surface area contributed by atoms with Crippen LogP contribution in [0.5, 0.6) is 0 Å². The van der Waals surface area contributed by atoms with Crippen molar-refractivity contribution in [1.82, 2.24) is 5.48 Å². The third-order valence-corrected chi connectivity index (χ3v) is 8.62. The third kappa shape index (κ3) is 3.05. The molecule has 6 rings (SSSR count). The van der Waals surface area contributed by atoms with Crippen LogP contribution in [0.2, 0.25) is 0 Å². The molecule has 3 saturated carbocycles. The number of hydrogen-bond donors (Lipinski definition) is 1. The summed E-state index contributed by atoms with van der Waals surface area (Å²) in [4.78, 5) is 18.7. The summed E-state index contributed by atoms with van der Waals surface area (Å²) in [5, 5.41) is 0. The van der Waals surface area contributed by atoms with Crippen molar-refractivity contribution in [3.63, 3.8) is 0 Å². The molecule has 0 radical (unpaired) electrons. The van der Waals surface area contributed by atoms with Gasteiger partial charge in [-0.3, -0.25) is 9.63 Å². The van der Waals surface area contributed by atoms with Crippen LogP contribution in [0.3, 0.4) is 0 Å². The molecule has 164 valence electrons. The van der Waals surface area contributed by atoms with Gasteiger partial charge < -0.3 is 0 Å². The summed E-state index contributed by atoms with van der Waals surface area (Å²) in [7, 11) is 0. The molecule has 0 aromatic heterocycles. The van der Waals surface area contributed by atoms with E-state index in [-0.39, 0.29) is 11.7 Å². The van der Waals surface area contributed by atoms with Gasteiger partial charge in [0.15, 0.2) is 5.78 Å². The van der Waals surface area contributed by atoms with Gasteiger partial charge >= 0.3 is 6.18 Å². The number of rotatable bonds is 1. The summed E-state index contributed by atoms with van der Waals surface area (Å²) in [6.45, 7) is 0.942. The Bertz CT molecular complexity index is 981. The molecule has 0 amide bonds. The number of allylic oxidation sites excluding steroid dienone is 4. The molecule has 6 heteroatoms. The molecule has 4 fully saturated rings. The van der Waals surface area contributed by atoms with E-state index < -0.39 is 11.7 Å². The van der Waals surface area contributed by atoms with Crippen LogP contribution in [0.15, 0.2) is 42.0 Å². The molecule has 5 aliphatic rings. The summed E-state index contributed by atoms with van der Waals surface area (Å²) >= 11 is 0. The predicted molar refractivity (Wildman–Crippen MR) is 109 cm³/mol. The van der Waals surface area contributed by atoms with E-state index in [1.165, 1.54) is 12.5 Å². The minimum absolute atomic E-state index is 0.160. The van der Waals surface area contributed by atoms with Crippen molar-refractivity contribution in [2.75, 3.05) is 6.54 Å². The lowest BCUT2D eigenvalue weighted by atomic mass is 9.56. The number of ketones is 1. The lowest BCUT2D eigenvalue weighted by Gasteiger charge is -2.49. The molecule has 1 aliphatic heterocycles. The number of carbonyl (C=O) groups is 1. The van der Waals surface area contributed by atoms with Gasteiger partial charge in [-0.15, -0.1) is 0 Å². The van der Waals surface area contributed by atoms with Gasteiger partial charge in [0.1, 0.15) is 0 Å². The molecule has 7 atom stereocenters. The Morgan fingerprint density at radius 3 is 2.71 bits per heavy atom. The zero-order valence-corrected chi connectivity index (χ0v) is 17.2. The summed E-state index contributed by atoms with van der Waals surface area (Å²) < 4.78 is 39.8. The number of hydroxylamine groups is 1. The number of fused-ring (bicyclic) bond motifs is 7. The van der Waals surface area contributed by atoms with Crippen LogP contribution in [-0.2, 0) is 15.8 Å². The van der Waals surface area contributed by atoms with Gasteiger partial charge in [0.2, 0.25) is 0 Å². The Hall–Kier alpha value is -1.92. The van der Waals surface area contributed by atoms with E-state index in [4.69, 9.17) is 4.84 Å². The van der Waals surface area contributed by atoms with E-state index in [9.17, 15) is 18.0 Å². The molecule has 0 bridgehead atoms. The number of carbonyl (C=O) groups excluding carboxylic acids is 1. The quantitative estimate of drug-likeness (QED) is 0.668. The molecule has 1 heterocycles. The second kappa shape index (κ2) is 7.04. The normalized spacial score (nSPS) is 39.2. The Labute approximate surface area is 179 Å². The van der Waals surface area contributed by atoms with Crippen molar-refractivity contribution in [3.05, 3.63) is 53.1 Å². The number of hydrogen-bond acceptors (Lipinski definition) is 3. The highest BCUT2D eigenvalue weighted by atomic mass is 19.4. The lowest BCUT2D eigenvalue weighted by molar-refractivity contribution is -0.137. The summed E-state index contributed by atoms with van der Waals surface area (Å²) in [6.07, 6.45) is 4.83. The summed E-state index contributed by atoms with van der Waals surface area (Å²) in [5.41, 5.74) is 4.36. The highest BCUT2D eigenvalue weighted by molar-refractivity contribution is 6.27. The van der Waals surface area contributed by atoms with Gasteiger partial charge in [0.25, 0.3) is 0 Å². The second-order valence-electron chi connectivity index (χ2n) is 9.93. The molecule has 1 saturated heterocycles. The number of halogens is 3. The molecular formula is C25H26F3NO2. The maximum atomic E-state index is 13.3. The lowest BCUT2D eigenvalue weighted by Crippen LogP contribution is -2.42. The van der Waals surface area contributed by atoms with Crippen molar-refractivity contribution < 1.29 is 22.8 Å². The molecule has 4 aliphatic carbocycles. The van der Waals surface area contributed by atoms with Crippen molar-refractivity contribution >= 4 is 11.4 Å². The second-order valence-corrected chi connectivity index (χ2v) is 9.93. The van der Waals surface area contributed by atoms with Crippen LogP contribution < -0.4 is 5.48 Å². The minimum atomic E-state index is -4.41. The fraction of sp³-hybridized carbons (Fsp3) is 0.560. The van der Waals surface area contributed by atoms with E-state index >= 15 is 0 Å². The first-order valence-corrected chi connectivity index (χ1v) is 11.4. The molecule has 3 nitrogen and oxygen atoms in total. The Morgan fingerprint density at radius 2 is 1.87 bits per heavy atom. The molecule has 1 aromatic rings. The van der Waals surface area contributed by atoms with Crippen LogP contribution in [0, 0.1) is 35.5 Å². The van der Waals surface area contributed by atoms with Crippen LogP contribution in [0.1, 0.15) is 43.2 Å². The fourth-order valence-corrected chi connectivity index (χ4v) is 7.46. The first kappa shape index (κ1) is 19.7. The third-order valence-electron chi connectivity index (χ3n) is 8.62. The summed E-state index contributed by atoms with van der Waals surface area (Å²) in [5.74, 6) is 2.98. The van der Waals surface area contributed by atoms with Gasteiger partial charge in [-0.2, -0.15) is 13.2 Å². The molecule has 1 N–H and O–H groups in total. The molecule has 1 aromatic carbocycles. The maximum Gasteiger partial charge on any atom is 0.416 e. The zero-order valence-electron chi connectivity index (χ0n) is 17.2. The topological polar surface area (TPSA) is 38.3 Å². The smallest absolute Gasteiger partial charge is 0.298 e. The van der Waals surface area contributed by atoms with Crippen molar-refractivity contribution in [1.29, 1.82) is 0 Å². The standard InChI is InChI=1S/C25H26F3NO2/c26-25(27,28)15-3-1-2-13(10-15)23-19-6-4-18-16(17(19)8-9-22(23)30)5-7-20-21(18)11-14-12-29-31-24(14)20/h1-3,8-10,14,16-18,20-21,24,29H,4-7,11-12H2.